The van der Waals surface area contributed by atoms with Gasteiger partial charge in [-0.1, -0.05) is 57.7 Å². The molecule has 3 nitrogen and oxygen atoms in total. The molecule has 0 aliphatic heterocycles. The maximum absolute atomic E-state index is 12.4. The lowest BCUT2D eigenvalue weighted by Crippen LogP contribution is -2.14. The SMILES string of the molecule is CCCCCC(C)C1CC=C(c2ccc(C(=O)Oc3ccc(C#N)cc3)cc2)CC1. The van der Waals surface area contributed by atoms with E-state index in [2.05, 4.69) is 26.0 Å². The minimum Gasteiger partial charge on any atom is -0.423 e. The Kier molecular flexibility index (Phi) is 7.85. The summed E-state index contributed by atoms with van der Waals surface area (Å²) in [5.41, 5.74) is 3.65. The van der Waals surface area contributed by atoms with Gasteiger partial charge in [0.25, 0.3) is 0 Å². The van der Waals surface area contributed by atoms with Crippen LogP contribution in [-0.4, -0.2) is 5.97 Å². The Morgan fingerprint density at radius 3 is 2.47 bits per heavy atom. The summed E-state index contributed by atoms with van der Waals surface area (Å²) in [4.78, 5) is 12.4. The molecule has 0 N–H and O–H groups in total. The van der Waals surface area contributed by atoms with Crippen LogP contribution >= 0.6 is 0 Å². The second-order valence-electron chi connectivity index (χ2n) is 8.34. The quantitative estimate of drug-likeness (QED) is 0.267. The van der Waals surface area contributed by atoms with Crippen molar-refractivity contribution in [3.8, 4) is 11.8 Å². The number of hydrogen-bond donors (Lipinski definition) is 0. The zero-order chi connectivity index (χ0) is 21.3. The lowest BCUT2D eigenvalue weighted by atomic mass is 9.78. The Labute approximate surface area is 180 Å². The fourth-order valence-electron chi connectivity index (χ4n) is 4.17. The van der Waals surface area contributed by atoms with Crippen LogP contribution in [0.5, 0.6) is 5.75 Å². The first-order valence-electron chi connectivity index (χ1n) is 11.1. The molecule has 2 aromatic carbocycles. The average molecular weight is 402 g/mol. The lowest BCUT2D eigenvalue weighted by Gasteiger charge is -2.27. The lowest BCUT2D eigenvalue weighted by molar-refractivity contribution is 0.0734. The number of ether oxygens (including phenoxy) is 1. The zero-order valence-corrected chi connectivity index (χ0v) is 18.1. The van der Waals surface area contributed by atoms with Gasteiger partial charge < -0.3 is 4.74 Å². The number of carbonyl (C=O) groups excluding carboxylic acids is 1. The molecule has 3 rings (SSSR count). The maximum Gasteiger partial charge on any atom is 0.343 e. The van der Waals surface area contributed by atoms with Crippen LogP contribution in [0.2, 0.25) is 0 Å². The van der Waals surface area contributed by atoms with Crippen molar-refractivity contribution < 1.29 is 9.53 Å². The maximum atomic E-state index is 12.4. The van der Waals surface area contributed by atoms with Gasteiger partial charge in [-0.05, 0) is 78.6 Å². The summed E-state index contributed by atoms with van der Waals surface area (Å²) in [5, 5.41) is 8.84. The molecule has 0 radical (unpaired) electrons. The van der Waals surface area contributed by atoms with Gasteiger partial charge in [0.05, 0.1) is 17.2 Å². The van der Waals surface area contributed by atoms with Crippen LogP contribution in [0.4, 0.5) is 0 Å². The Hall–Kier alpha value is -2.86. The van der Waals surface area contributed by atoms with Crippen molar-refractivity contribution in [3.63, 3.8) is 0 Å². The Bertz CT molecular complexity index is 903. The molecule has 2 unspecified atom stereocenters. The molecule has 2 atom stereocenters. The standard InChI is InChI=1S/C27H31NO2/c1-3-4-5-6-20(2)22-9-11-23(12-10-22)24-13-15-25(16-14-24)27(29)30-26-17-7-21(19-28)8-18-26/h7-8,11,13-18,20,22H,3-6,9-10,12H2,1-2H3. The predicted molar refractivity (Wildman–Crippen MR) is 121 cm³/mol. The average Bonchev–Trinajstić information content (AvgIpc) is 2.80. The van der Waals surface area contributed by atoms with Crippen LogP contribution in [0.25, 0.3) is 5.57 Å². The van der Waals surface area contributed by atoms with Crippen LogP contribution in [-0.2, 0) is 0 Å². The van der Waals surface area contributed by atoms with Gasteiger partial charge in [0.15, 0.2) is 0 Å². The summed E-state index contributed by atoms with van der Waals surface area (Å²) in [6, 6.07) is 16.3. The summed E-state index contributed by atoms with van der Waals surface area (Å²) in [6.45, 7) is 4.67. The second kappa shape index (κ2) is 10.8. The summed E-state index contributed by atoms with van der Waals surface area (Å²) >= 11 is 0. The molecule has 2 aromatic rings. The smallest absolute Gasteiger partial charge is 0.343 e. The number of nitrogens with zero attached hydrogens (tertiary/aromatic N) is 1. The number of allylic oxidation sites excluding steroid dienone is 2. The zero-order valence-electron chi connectivity index (χ0n) is 18.1. The van der Waals surface area contributed by atoms with Gasteiger partial charge in [-0.15, -0.1) is 0 Å². The van der Waals surface area contributed by atoms with E-state index >= 15 is 0 Å². The van der Waals surface area contributed by atoms with E-state index in [0.717, 1.165) is 24.7 Å². The van der Waals surface area contributed by atoms with E-state index in [-0.39, 0.29) is 5.97 Å². The molecule has 0 bridgehead atoms. The minimum absolute atomic E-state index is 0.384. The molecule has 0 fully saturated rings. The molecule has 0 saturated carbocycles. The molecule has 1 aliphatic rings. The summed E-state index contributed by atoms with van der Waals surface area (Å²) in [6.07, 6.45) is 11.2. The van der Waals surface area contributed by atoms with Crippen LogP contribution in [0.1, 0.15) is 80.3 Å². The molecule has 0 aromatic heterocycles. The molecule has 0 amide bonds. The first-order valence-corrected chi connectivity index (χ1v) is 11.1. The van der Waals surface area contributed by atoms with Crippen molar-refractivity contribution >= 4 is 11.5 Å². The number of carbonyl (C=O) groups is 1. The van der Waals surface area contributed by atoms with E-state index in [1.165, 1.54) is 43.2 Å². The molecule has 0 heterocycles. The molecule has 30 heavy (non-hydrogen) atoms. The predicted octanol–water partition coefficient (Wildman–Crippen LogP) is 7.18. The van der Waals surface area contributed by atoms with E-state index in [1.54, 1.807) is 24.3 Å². The third-order valence-corrected chi connectivity index (χ3v) is 6.20. The molecule has 0 saturated heterocycles. The Balaban J connectivity index is 1.56. The van der Waals surface area contributed by atoms with Crippen molar-refractivity contribution in [1.82, 2.24) is 0 Å². The highest BCUT2D eigenvalue weighted by atomic mass is 16.5. The summed E-state index contributed by atoms with van der Waals surface area (Å²) < 4.78 is 5.40. The Morgan fingerprint density at radius 1 is 1.13 bits per heavy atom. The van der Waals surface area contributed by atoms with Gasteiger partial charge >= 0.3 is 5.97 Å². The minimum atomic E-state index is -0.384. The highest BCUT2D eigenvalue weighted by Crippen LogP contribution is 2.35. The van der Waals surface area contributed by atoms with Crippen molar-refractivity contribution in [1.29, 1.82) is 5.26 Å². The number of nitriles is 1. The van der Waals surface area contributed by atoms with Crippen molar-refractivity contribution in [2.45, 2.75) is 58.8 Å². The van der Waals surface area contributed by atoms with Gasteiger partial charge in [-0.25, -0.2) is 4.79 Å². The fraction of sp³-hybridized carbons (Fsp3) is 0.407. The van der Waals surface area contributed by atoms with E-state index in [9.17, 15) is 4.79 Å². The van der Waals surface area contributed by atoms with Crippen molar-refractivity contribution in [2.24, 2.45) is 11.8 Å². The topological polar surface area (TPSA) is 50.1 Å². The van der Waals surface area contributed by atoms with Gasteiger partial charge in [-0.2, -0.15) is 5.26 Å². The first kappa shape index (κ1) is 21.8. The van der Waals surface area contributed by atoms with Gasteiger partial charge in [0, 0.05) is 0 Å². The normalized spacial score (nSPS) is 17.0. The van der Waals surface area contributed by atoms with Crippen molar-refractivity contribution in [3.05, 3.63) is 71.3 Å². The number of rotatable bonds is 8. The third-order valence-electron chi connectivity index (χ3n) is 6.20. The van der Waals surface area contributed by atoms with Crippen molar-refractivity contribution in [2.75, 3.05) is 0 Å². The van der Waals surface area contributed by atoms with E-state index < -0.39 is 0 Å². The molecular weight excluding hydrogens is 370 g/mol. The highest BCUT2D eigenvalue weighted by molar-refractivity contribution is 5.91. The van der Waals surface area contributed by atoms with Crippen LogP contribution < -0.4 is 4.74 Å². The highest BCUT2D eigenvalue weighted by Gasteiger charge is 2.21. The number of hydrogen-bond acceptors (Lipinski definition) is 3. The van der Waals surface area contributed by atoms with Gasteiger partial charge in [-0.3, -0.25) is 0 Å². The third kappa shape index (κ3) is 5.83. The Morgan fingerprint density at radius 2 is 1.87 bits per heavy atom. The first-order chi connectivity index (χ1) is 14.6. The summed E-state index contributed by atoms with van der Waals surface area (Å²) in [7, 11) is 0. The fourth-order valence-corrected chi connectivity index (χ4v) is 4.17. The molecule has 0 spiro atoms. The van der Waals surface area contributed by atoms with Crippen LogP contribution in [0.15, 0.2) is 54.6 Å². The number of unbranched alkanes of at least 4 members (excludes halogenated alkanes) is 2. The van der Waals surface area contributed by atoms with E-state index in [4.69, 9.17) is 10.00 Å². The molecule has 3 heteroatoms. The summed E-state index contributed by atoms with van der Waals surface area (Å²) in [5.74, 6) is 1.66. The largest absolute Gasteiger partial charge is 0.423 e. The van der Waals surface area contributed by atoms with E-state index in [1.807, 2.05) is 24.3 Å². The monoisotopic (exact) mass is 401 g/mol. The van der Waals surface area contributed by atoms with Gasteiger partial charge in [0.1, 0.15) is 5.75 Å². The second-order valence-corrected chi connectivity index (χ2v) is 8.34. The van der Waals surface area contributed by atoms with Crippen LogP contribution in [0.3, 0.4) is 0 Å². The molecule has 156 valence electrons. The number of esters is 1. The van der Waals surface area contributed by atoms with Gasteiger partial charge in [0.2, 0.25) is 0 Å². The molecule has 1 aliphatic carbocycles. The van der Waals surface area contributed by atoms with Crippen LogP contribution in [0, 0.1) is 23.2 Å². The molecular formula is C27H31NO2. The number of benzene rings is 2. The van der Waals surface area contributed by atoms with E-state index in [0.29, 0.717) is 16.9 Å².